The average Bonchev–Trinajstić information content (AvgIpc) is 2.89. The van der Waals surface area contributed by atoms with Gasteiger partial charge in [-0.2, -0.15) is 0 Å². The number of pyridine rings is 1. The second kappa shape index (κ2) is 5.02. The van der Waals surface area contributed by atoms with Gasteiger partial charge >= 0.3 is 5.97 Å². The molecule has 0 aromatic carbocycles. The van der Waals surface area contributed by atoms with E-state index >= 15 is 0 Å². The van der Waals surface area contributed by atoms with Crippen molar-refractivity contribution in [1.29, 1.82) is 0 Å². The molecule has 0 radical (unpaired) electrons. The minimum atomic E-state index is -0.673. The first-order chi connectivity index (χ1) is 10.1. The van der Waals surface area contributed by atoms with E-state index in [-0.39, 0.29) is 0 Å². The van der Waals surface area contributed by atoms with Gasteiger partial charge in [-0.15, -0.1) is 0 Å². The Morgan fingerprint density at radius 1 is 1.38 bits per heavy atom. The number of nitrogens with zero attached hydrogens (tertiary/aromatic N) is 4. The van der Waals surface area contributed by atoms with Crippen LogP contribution in [0.5, 0.6) is 0 Å². The lowest BCUT2D eigenvalue weighted by Crippen LogP contribution is -2.44. The predicted octanol–water partition coefficient (Wildman–Crippen LogP) is 2.05. The molecule has 1 aliphatic rings. The largest absolute Gasteiger partial charge is 0.481 e. The van der Waals surface area contributed by atoms with Gasteiger partial charge in [-0.1, -0.05) is 6.92 Å². The highest BCUT2D eigenvalue weighted by Gasteiger charge is 2.40. The standard InChI is InChI=1S/C15H20N4O2/c1-3-15(14(20)21)5-8-19(9-6-15)13-12-11(4-7-16-13)18(2)10-17-12/h4,7,10H,3,5-6,8-9H2,1-2H3,(H,20,21). The van der Waals surface area contributed by atoms with E-state index in [9.17, 15) is 9.90 Å². The molecule has 21 heavy (non-hydrogen) atoms. The number of rotatable bonds is 3. The number of aryl methyl sites for hydroxylation is 1. The number of carboxylic acid groups (broad SMARTS) is 1. The molecule has 0 atom stereocenters. The maximum Gasteiger partial charge on any atom is 0.309 e. The van der Waals surface area contributed by atoms with E-state index in [1.165, 1.54) is 0 Å². The van der Waals surface area contributed by atoms with E-state index in [0.717, 1.165) is 16.9 Å². The van der Waals surface area contributed by atoms with Crippen LogP contribution in [0.15, 0.2) is 18.6 Å². The molecule has 0 aliphatic carbocycles. The van der Waals surface area contributed by atoms with Crippen LogP contribution in [0.1, 0.15) is 26.2 Å². The van der Waals surface area contributed by atoms with Crippen LogP contribution in [0.25, 0.3) is 11.0 Å². The molecular weight excluding hydrogens is 268 g/mol. The Morgan fingerprint density at radius 3 is 2.71 bits per heavy atom. The average molecular weight is 288 g/mol. The zero-order valence-corrected chi connectivity index (χ0v) is 12.4. The molecular formula is C15H20N4O2. The van der Waals surface area contributed by atoms with Gasteiger partial charge in [0.05, 0.1) is 17.3 Å². The molecule has 3 heterocycles. The molecule has 1 N–H and O–H groups in total. The van der Waals surface area contributed by atoms with Crippen LogP contribution in [-0.2, 0) is 11.8 Å². The molecule has 112 valence electrons. The molecule has 0 bridgehead atoms. The normalized spacial score (nSPS) is 18.1. The third-order valence-corrected chi connectivity index (χ3v) is 4.77. The maximum atomic E-state index is 11.5. The SMILES string of the molecule is CCC1(C(=O)O)CCN(c2nccc3c2ncn3C)CC1. The molecule has 2 aromatic rings. The van der Waals surface area contributed by atoms with Crippen molar-refractivity contribution in [1.82, 2.24) is 14.5 Å². The van der Waals surface area contributed by atoms with Gasteiger partial charge in [0.15, 0.2) is 5.82 Å². The molecule has 3 rings (SSSR count). The Balaban J connectivity index is 1.88. The van der Waals surface area contributed by atoms with Gasteiger partial charge in [0.2, 0.25) is 0 Å². The quantitative estimate of drug-likeness (QED) is 0.936. The van der Waals surface area contributed by atoms with E-state index in [4.69, 9.17) is 0 Å². The number of aromatic nitrogens is 3. The fourth-order valence-electron chi connectivity index (χ4n) is 3.14. The Kier molecular flexibility index (Phi) is 3.31. The number of piperidine rings is 1. The minimum absolute atomic E-state index is 0.575. The number of aliphatic carboxylic acids is 1. The summed E-state index contributed by atoms with van der Waals surface area (Å²) in [6.45, 7) is 3.38. The number of carbonyl (C=O) groups is 1. The van der Waals surface area contributed by atoms with Crippen LogP contribution in [0, 0.1) is 5.41 Å². The monoisotopic (exact) mass is 288 g/mol. The van der Waals surface area contributed by atoms with E-state index < -0.39 is 11.4 Å². The first kappa shape index (κ1) is 13.9. The lowest BCUT2D eigenvalue weighted by Gasteiger charge is -2.38. The molecule has 0 amide bonds. The smallest absolute Gasteiger partial charge is 0.309 e. The van der Waals surface area contributed by atoms with Crippen molar-refractivity contribution in [2.45, 2.75) is 26.2 Å². The summed E-state index contributed by atoms with van der Waals surface area (Å²) < 4.78 is 1.97. The highest BCUT2D eigenvalue weighted by molar-refractivity contribution is 5.86. The van der Waals surface area contributed by atoms with Gasteiger partial charge in [-0.3, -0.25) is 4.79 Å². The van der Waals surface area contributed by atoms with E-state index in [1.807, 2.05) is 24.6 Å². The molecule has 1 saturated heterocycles. The molecule has 1 fully saturated rings. The molecule has 0 spiro atoms. The molecule has 2 aromatic heterocycles. The van der Waals surface area contributed by atoms with Gasteiger partial charge in [0, 0.05) is 26.3 Å². The zero-order chi connectivity index (χ0) is 15.0. The number of hydrogen-bond acceptors (Lipinski definition) is 4. The second-order valence-corrected chi connectivity index (χ2v) is 5.78. The Morgan fingerprint density at radius 2 is 2.10 bits per heavy atom. The summed E-state index contributed by atoms with van der Waals surface area (Å²) >= 11 is 0. The summed E-state index contributed by atoms with van der Waals surface area (Å²) in [5.41, 5.74) is 1.36. The third kappa shape index (κ3) is 2.14. The van der Waals surface area contributed by atoms with Crippen LogP contribution in [-0.4, -0.2) is 38.7 Å². The first-order valence-corrected chi connectivity index (χ1v) is 7.32. The lowest BCUT2D eigenvalue weighted by molar-refractivity contribution is -0.150. The van der Waals surface area contributed by atoms with Crippen LogP contribution in [0.4, 0.5) is 5.82 Å². The fraction of sp³-hybridized carbons (Fsp3) is 0.533. The predicted molar refractivity (Wildman–Crippen MR) is 80.3 cm³/mol. The van der Waals surface area contributed by atoms with Crippen molar-refractivity contribution in [3.63, 3.8) is 0 Å². The van der Waals surface area contributed by atoms with Crippen molar-refractivity contribution in [3.05, 3.63) is 18.6 Å². The third-order valence-electron chi connectivity index (χ3n) is 4.77. The number of imidazole rings is 1. The number of anilines is 1. The zero-order valence-electron chi connectivity index (χ0n) is 12.4. The number of carboxylic acids is 1. The van der Waals surface area contributed by atoms with Crippen molar-refractivity contribution >= 4 is 22.8 Å². The van der Waals surface area contributed by atoms with Crippen LogP contribution < -0.4 is 4.90 Å². The second-order valence-electron chi connectivity index (χ2n) is 5.78. The van der Waals surface area contributed by atoms with Gasteiger partial charge < -0.3 is 14.6 Å². The summed E-state index contributed by atoms with van der Waals surface area (Å²) in [6.07, 6.45) is 5.57. The molecule has 1 aliphatic heterocycles. The van der Waals surface area contributed by atoms with Crippen molar-refractivity contribution in [2.75, 3.05) is 18.0 Å². The Hall–Kier alpha value is -2.11. The molecule has 0 saturated carbocycles. The maximum absolute atomic E-state index is 11.5. The minimum Gasteiger partial charge on any atom is -0.481 e. The number of hydrogen-bond donors (Lipinski definition) is 1. The van der Waals surface area contributed by atoms with Crippen molar-refractivity contribution < 1.29 is 9.90 Å². The van der Waals surface area contributed by atoms with Crippen LogP contribution in [0.3, 0.4) is 0 Å². The van der Waals surface area contributed by atoms with Crippen molar-refractivity contribution in [2.24, 2.45) is 12.5 Å². The summed E-state index contributed by atoms with van der Waals surface area (Å²) in [4.78, 5) is 22.6. The first-order valence-electron chi connectivity index (χ1n) is 7.32. The van der Waals surface area contributed by atoms with Crippen LogP contribution >= 0.6 is 0 Å². The Bertz CT molecular complexity index is 671. The molecule has 6 heteroatoms. The lowest BCUT2D eigenvalue weighted by atomic mass is 9.76. The summed E-state index contributed by atoms with van der Waals surface area (Å²) in [7, 11) is 1.96. The van der Waals surface area contributed by atoms with Crippen molar-refractivity contribution in [3.8, 4) is 0 Å². The Labute approximate surface area is 123 Å². The van der Waals surface area contributed by atoms with Gasteiger partial charge in [0.25, 0.3) is 0 Å². The number of fused-ring (bicyclic) bond motifs is 1. The fourth-order valence-corrected chi connectivity index (χ4v) is 3.14. The summed E-state index contributed by atoms with van der Waals surface area (Å²) in [5.74, 6) is 0.192. The molecule has 6 nitrogen and oxygen atoms in total. The van der Waals surface area contributed by atoms with Gasteiger partial charge in [0.1, 0.15) is 5.52 Å². The van der Waals surface area contributed by atoms with Crippen LogP contribution in [0.2, 0.25) is 0 Å². The van der Waals surface area contributed by atoms with Gasteiger partial charge in [-0.05, 0) is 25.3 Å². The summed E-state index contributed by atoms with van der Waals surface area (Å²) in [6, 6.07) is 1.95. The van der Waals surface area contributed by atoms with Gasteiger partial charge in [-0.25, -0.2) is 9.97 Å². The van der Waals surface area contributed by atoms with E-state index in [0.29, 0.717) is 32.4 Å². The summed E-state index contributed by atoms with van der Waals surface area (Å²) in [5, 5.41) is 9.47. The van der Waals surface area contributed by atoms with E-state index in [2.05, 4.69) is 14.9 Å². The topological polar surface area (TPSA) is 71.2 Å². The molecule has 0 unspecified atom stereocenters. The highest BCUT2D eigenvalue weighted by Crippen LogP contribution is 2.37. The van der Waals surface area contributed by atoms with E-state index in [1.54, 1.807) is 12.5 Å². The highest BCUT2D eigenvalue weighted by atomic mass is 16.4.